The third kappa shape index (κ3) is 10.6. The molecule has 0 fully saturated rings. The summed E-state index contributed by atoms with van der Waals surface area (Å²) in [7, 11) is 0. The molecule has 0 saturated carbocycles. The van der Waals surface area contributed by atoms with Crippen molar-refractivity contribution in [3.63, 3.8) is 0 Å². The van der Waals surface area contributed by atoms with Gasteiger partial charge < -0.3 is 21.3 Å². The van der Waals surface area contributed by atoms with E-state index in [-0.39, 0.29) is 11.5 Å². The summed E-state index contributed by atoms with van der Waals surface area (Å²) < 4.78 is 38.7. The Labute approximate surface area is 215 Å². The molecule has 0 radical (unpaired) electrons. The lowest BCUT2D eigenvalue weighted by molar-refractivity contribution is -0.137. The summed E-state index contributed by atoms with van der Waals surface area (Å²) in [6.07, 6.45) is -3.34. The number of aryl methyl sites for hydroxylation is 1. The van der Waals surface area contributed by atoms with Gasteiger partial charge in [-0.2, -0.15) is 13.2 Å². The van der Waals surface area contributed by atoms with Crippen molar-refractivity contribution in [2.45, 2.75) is 64.8 Å². The Balaban J connectivity index is 1.93. The minimum Gasteiger partial charge on any atom is -0.350 e. The Kier molecular flexibility index (Phi) is 10.7. The number of hydrogen-bond acceptors (Lipinski definition) is 4. The van der Waals surface area contributed by atoms with Crippen LogP contribution >= 0.6 is 0 Å². The molecule has 0 saturated heterocycles. The third-order valence-electron chi connectivity index (χ3n) is 5.38. The summed E-state index contributed by atoms with van der Waals surface area (Å²) in [6.45, 7) is 8.08. The number of nitrogens with one attached hydrogen (secondary N) is 4. The predicted octanol–water partition coefficient (Wildman–Crippen LogP) is 3.58. The molecule has 0 unspecified atom stereocenters. The largest absolute Gasteiger partial charge is 0.416 e. The fraction of sp³-hybridized carbons (Fsp3) is 0.444. The van der Waals surface area contributed by atoms with Crippen molar-refractivity contribution in [3.8, 4) is 0 Å². The molecular formula is C27H35F3N4O3. The van der Waals surface area contributed by atoms with Crippen molar-refractivity contribution >= 4 is 17.7 Å². The van der Waals surface area contributed by atoms with Crippen LogP contribution in [-0.2, 0) is 28.7 Å². The van der Waals surface area contributed by atoms with E-state index in [0.717, 1.165) is 24.1 Å². The molecule has 0 bridgehead atoms. The number of amides is 3. The summed E-state index contributed by atoms with van der Waals surface area (Å²) in [5.74, 6) is -1.84. The summed E-state index contributed by atoms with van der Waals surface area (Å²) in [4.78, 5) is 37.5. The molecule has 0 aliphatic carbocycles. The van der Waals surface area contributed by atoms with Gasteiger partial charge in [0, 0.05) is 17.6 Å². The molecule has 2 aromatic rings. The maximum atomic E-state index is 12.9. The van der Waals surface area contributed by atoms with Crippen LogP contribution < -0.4 is 21.3 Å². The van der Waals surface area contributed by atoms with Gasteiger partial charge in [-0.3, -0.25) is 14.4 Å². The van der Waals surface area contributed by atoms with E-state index in [9.17, 15) is 27.6 Å². The summed E-state index contributed by atoms with van der Waals surface area (Å²) >= 11 is 0. The van der Waals surface area contributed by atoms with Crippen molar-refractivity contribution in [2.24, 2.45) is 0 Å². The highest BCUT2D eigenvalue weighted by atomic mass is 19.4. The van der Waals surface area contributed by atoms with Gasteiger partial charge in [0.1, 0.15) is 6.04 Å². The second-order valence-electron chi connectivity index (χ2n) is 9.76. The monoisotopic (exact) mass is 520 g/mol. The quantitative estimate of drug-likeness (QED) is 0.341. The molecule has 2 aromatic carbocycles. The van der Waals surface area contributed by atoms with Crippen LogP contribution in [0.1, 0.15) is 61.2 Å². The smallest absolute Gasteiger partial charge is 0.350 e. The average Bonchev–Trinajstić information content (AvgIpc) is 2.83. The molecule has 0 heterocycles. The van der Waals surface area contributed by atoms with Gasteiger partial charge in [-0.25, -0.2) is 0 Å². The van der Waals surface area contributed by atoms with Crippen LogP contribution in [-0.4, -0.2) is 42.4 Å². The van der Waals surface area contributed by atoms with Gasteiger partial charge >= 0.3 is 6.18 Å². The Hall–Kier alpha value is -3.40. The summed E-state index contributed by atoms with van der Waals surface area (Å²) in [6, 6.07) is 11.2. The van der Waals surface area contributed by atoms with E-state index < -0.39 is 41.7 Å². The van der Waals surface area contributed by atoms with Gasteiger partial charge in [-0.05, 0) is 69.5 Å². The molecule has 0 spiro atoms. The van der Waals surface area contributed by atoms with E-state index >= 15 is 0 Å². The van der Waals surface area contributed by atoms with E-state index in [2.05, 4.69) is 40.3 Å². The highest BCUT2D eigenvalue weighted by Crippen LogP contribution is 2.29. The Morgan fingerprint density at radius 3 is 2.19 bits per heavy atom. The Morgan fingerprint density at radius 2 is 1.59 bits per heavy atom. The third-order valence-corrected chi connectivity index (χ3v) is 5.38. The molecule has 37 heavy (non-hydrogen) atoms. The van der Waals surface area contributed by atoms with Crippen LogP contribution in [0.2, 0.25) is 0 Å². The molecule has 7 nitrogen and oxygen atoms in total. The van der Waals surface area contributed by atoms with Crippen molar-refractivity contribution in [3.05, 3.63) is 70.8 Å². The fourth-order valence-corrected chi connectivity index (χ4v) is 3.44. The average molecular weight is 521 g/mol. The number of hydrogen-bond donors (Lipinski definition) is 4. The lowest BCUT2D eigenvalue weighted by Gasteiger charge is -2.25. The van der Waals surface area contributed by atoms with Gasteiger partial charge in [0.15, 0.2) is 0 Å². The Morgan fingerprint density at radius 1 is 0.946 bits per heavy atom. The molecule has 1 atom stereocenters. The molecule has 4 N–H and O–H groups in total. The fourth-order valence-electron chi connectivity index (χ4n) is 3.44. The van der Waals surface area contributed by atoms with Crippen molar-refractivity contribution in [1.82, 2.24) is 21.3 Å². The number of rotatable bonds is 11. The van der Waals surface area contributed by atoms with Crippen LogP contribution in [0.3, 0.4) is 0 Å². The van der Waals surface area contributed by atoms with Crippen LogP contribution in [0.5, 0.6) is 0 Å². The van der Waals surface area contributed by atoms with E-state index in [1.54, 1.807) is 0 Å². The lowest BCUT2D eigenvalue weighted by atomic mass is 10.1. The zero-order valence-corrected chi connectivity index (χ0v) is 21.6. The van der Waals surface area contributed by atoms with E-state index in [1.807, 2.05) is 32.9 Å². The van der Waals surface area contributed by atoms with Gasteiger partial charge in [0.2, 0.25) is 11.8 Å². The molecule has 0 aliphatic rings. The molecular weight excluding hydrogens is 485 g/mol. The number of carbonyl (C=O) groups excluding carboxylic acids is 3. The Bertz CT molecular complexity index is 1060. The highest BCUT2D eigenvalue weighted by Gasteiger charge is 2.31. The molecule has 10 heteroatoms. The first kappa shape index (κ1) is 29.8. The lowest BCUT2D eigenvalue weighted by Crippen LogP contribution is -2.54. The van der Waals surface area contributed by atoms with Gasteiger partial charge in [-0.15, -0.1) is 0 Å². The minimum atomic E-state index is -4.59. The van der Waals surface area contributed by atoms with E-state index in [4.69, 9.17) is 0 Å². The number of halogens is 3. The first-order valence-electron chi connectivity index (χ1n) is 12.1. The molecule has 3 amide bonds. The number of carbonyl (C=O) groups is 3. The maximum Gasteiger partial charge on any atom is 0.416 e. The second-order valence-corrected chi connectivity index (χ2v) is 9.76. The van der Waals surface area contributed by atoms with Crippen molar-refractivity contribution in [2.75, 3.05) is 13.1 Å². The van der Waals surface area contributed by atoms with Gasteiger partial charge in [0.05, 0.1) is 12.1 Å². The minimum absolute atomic E-state index is 0.221. The summed E-state index contributed by atoms with van der Waals surface area (Å²) in [5, 5.41) is 11.0. The van der Waals surface area contributed by atoms with E-state index in [1.165, 1.54) is 11.6 Å². The second kappa shape index (κ2) is 13.2. The molecule has 0 aromatic heterocycles. The van der Waals surface area contributed by atoms with Crippen LogP contribution in [0.25, 0.3) is 0 Å². The van der Waals surface area contributed by atoms with Gasteiger partial charge in [-0.1, -0.05) is 37.3 Å². The highest BCUT2D eigenvalue weighted by molar-refractivity contribution is 5.97. The molecule has 0 aliphatic heterocycles. The number of benzene rings is 2. The first-order chi connectivity index (χ1) is 17.3. The maximum absolute atomic E-state index is 12.9. The predicted molar refractivity (Wildman–Crippen MR) is 136 cm³/mol. The number of alkyl halides is 3. The topological polar surface area (TPSA) is 99.3 Å². The normalized spacial score (nSPS) is 12.5. The molecule has 2 rings (SSSR count). The van der Waals surface area contributed by atoms with Crippen LogP contribution in [0.4, 0.5) is 13.2 Å². The van der Waals surface area contributed by atoms with E-state index in [0.29, 0.717) is 25.6 Å². The van der Waals surface area contributed by atoms with Crippen LogP contribution in [0.15, 0.2) is 48.5 Å². The van der Waals surface area contributed by atoms with Crippen molar-refractivity contribution < 1.29 is 27.6 Å². The SMILES string of the molecule is CCc1ccc(CNCC[C@H](NC(=O)CNC(=O)c2cccc(C(F)(F)F)c2)C(=O)NC(C)(C)C)cc1. The van der Waals surface area contributed by atoms with Crippen LogP contribution in [0, 0.1) is 0 Å². The van der Waals surface area contributed by atoms with Crippen molar-refractivity contribution in [1.29, 1.82) is 0 Å². The zero-order valence-electron chi connectivity index (χ0n) is 21.6. The first-order valence-corrected chi connectivity index (χ1v) is 12.1. The summed E-state index contributed by atoms with van der Waals surface area (Å²) in [5.41, 5.74) is 0.629. The molecule has 202 valence electrons. The standard InChI is InChI=1S/C27H35F3N4O3/c1-5-18-9-11-19(12-10-18)16-31-14-13-22(25(37)34-26(2,3)4)33-23(35)17-32-24(36)20-7-6-8-21(15-20)27(28,29)30/h6-12,15,22,31H,5,13-14,16-17H2,1-4H3,(H,32,36)(H,33,35)(H,34,37)/t22-/m0/s1. The zero-order chi connectivity index (χ0) is 27.6. The van der Waals surface area contributed by atoms with Gasteiger partial charge in [0.25, 0.3) is 5.91 Å².